The maximum absolute atomic E-state index is 14.0. The van der Waals surface area contributed by atoms with Gasteiger partial charge in [0.2, 0.25) is 11.8 Å². The van der Waals surface area contributed by atoms with Gasteiger partial charge in [0.05, 0.1) is 6.42 Å². The van der Waals surface area contributed by atoms with Crippen molar-refractivity contribution in [3.63, 3.8) is 0 Å². The standard InChI is InChI=1S/C21H24ClFN2O2/c1-3-19(21(27)24-4-2)25(14-15-9-11-17(22)12-10-15)20(26)13-16-7-5-6-8-18(16)23/h5-12,19H,3-4,13-14H2,1-2H3,(H,24,27). The van der Waals surface area contributed by atoms with Crippen molar-refractivity contribution in [3.05, 3.63) is 70.5 Å². The Morgan fingerprint density at radius 1 is 1.11 bits per heavy atom. The summed E-state index contributed by atoms with van der Waals surface area (Å²) in [5, 5.41) is 3.37. The first-order chi connectivity index (χ1) is 13.0. The molecule has 1 N–H and O–H groups in total. The van der Waals surface area contributed by atoms with E-state index >= 15 is 0 Å². The maximum Gasteiger partial charge on any atom is 0.242 e. The predicted molar refractivity (Wildman–Crippen MR) is 105 cm³/mol. The summed E-state index contributed by atoms with van der Waals surface area (Å²) < 4.78 is 14.0. The largest absolute Gasteiger partial charge is 0.355 e. The average Bonchev–Trinajstić information content (AvgIpc) is 2.65. The van der Waals surface area contributed by atoms with Crippen LogP contribution in [0.25, 0.3) is 0 Å². The number of nitrogens with one attached hydrogen (secondary N) is 1. The van der Waals surface area contributed by atoms with Gasteiger partial charge in [0.15, 0.2) is 0 Å². The van der Waals surface area contributed by atoms with E-state index in [1.807, 2.05) is 26.0 Å². The van der Waals surface area contributed by atoms with E-state index in [1.165, 1.54) is 11.0 Å². The van der Waals surface area contributed by atoms with Crippen molar-refractivity contribution in [2.24, 2.45) is 0 Å². The number of benzene rings is 2. The second-order valence-electron chi connectivity index (χ2n) is 6.23. The summed E-state index contributed by atoms with van der Waals surface area (Å²) >= 11 is 5.93. The van der Waals surface area contributed by atoms with Crippen LogP contribution in [0.4, 0.5) is 4.39 Å². The minimum atomic E-state index is -0.625. The van der Waals surface area contributed by atoms with Crippen LogP contribution in [-0.4, -0.2) is 29.3 Å². The second kappa shape index (κ2) is 10.1. The minimum Gasteiger partial charge on any atom is -0.355 e. The Morgan fingerprint density at radius 3 is 2.37 bits per heavy atom. The van der Waals surface area contributed by atoms with Gasteiger partial charge >= 0.3 is 0 Å². The summed E-state index contributed by atoms with van der Waals surface area (Å²) in [5.41, 5.74) is 1.17. The maximum atomic E-state index is 14.0. The molecule has 1 unspecified atom stereocenters. The highest BCUT2D eigenvalue weighted by molar-refractivity contribution is 6.30. The van der Waals surface area contributed by atoms with Crippen molar-refractivity contribution in [2.45, 2.75) is 39.3 Å². The van der Waals surface area contributed by atoms with Gasteiger partial charge in [-0.2, -0.15) is 0 Å². The van der Waals surface area contributed by atoms with Crippen LogP contribution >= 0.6 is 11.6 Å². The Morgan fingerprint density at radius 2 is 1.78 bits per heavy atom. The summed E-state index contributed by atoms with van der Waals surface area (Å²) in [6.07, 6.45) is 0.360. The number of amides is 2. The molecular weight excluding hydrogens is 367 g/mol. The van der Waals surface area contributed by atoms with Crippen LogP contribution in [-0.2, 0) is 22.6 Å². The SMILES string of the molecule is CCNC(=O)C(CC)N(Cc1ccc(Cl)cc1)C(=O)Cc1ccccc1F. The molecule has 0 heterocycles. The number of nitrogens with zero attached hydrogens (tertiary/aromatic N) is 1. The zero-order valence-corrected chi connectivity index (χ0v) is 16.3. The molecule has 1 atom stereocenters. The molecular formula is C21H24ClFN2O2. The molecule has 0 aliphatic heterocycles. The van der Waals surface area contributed by atoms with E-state index in [1.54, 1.807) is 30.3 Å². The number of rotatable bonds is 8. The minimum absolute atomic E-state index is 0.101. The molecule has 27 heavy (non-hydrogen) atoms. The van der Waals surface area contributed by atoms with Crippen molar-refractivity contribution >= 4 is 23.4 Å². The molecule has 4 nitrogen and oxygen atoms in total. The van der Waals surface area contributed by atoms with Crippen molar-refractivity contribution in [3.8, 4) is 0 Å². The third-order valence-electron chi connectivity index (χ3n) is 4.30. The summed E-state index contributed by atoms with van der Waals surface area (Å²) in [6.45, 7) is 4.41. The molecule has 6 heteroatoms. The van der Waals surface area contributed by atoms with E-state index in [4.69, 9.17) is 11.6 Å². The first-order valence-corrected chi connectivity index (χ1v) is 9.39. The third-order valence-corrected chi connectivity index (χ3v) is 4.55. The van der Waals surface area contributed by atoms with E-state index < -0.39 is 11.9 Å². The number of halogens is 2. The van der Waals surface area contributed by atoms with Crippen LogP contribution in [0.15, 0.2) is 48.5 Å². The molecule has 0 fully saturated rings. The van der Waals surface area contributed by atoms with E-state index in [-0.39, 0.29) is 24.8 Å². The van der Waals surface area contributed by atoms with Crippen molar-refractivity contribution in [1.82, 2.24) is 10.2 Å². The molecule has 0 spiro atoms. The van der Waals surface area contributed by atoms with Crippen molar-refractivity contribution in [1.29, 1.82) is 0 Å². The van der Waals surface area contributed by atoms with Gasteiger partial charge in [-0.25, -0.2) is 4.39 Å². The monoisotopic (exact) mass is 390 g/mol. The third kappa shape index (κ3) is 5.79. The van der Waals surface area contributed by atoms with Gasteiger partial charge in [-0.1, -0.05) is 48.9 Å². The Hall–Kier alpha value is -2.40. The molecule has 0 aliphatic rings. The van der Waals surface area contributed by atoms with Gasteiger partial charge in [-0.05, 0) is 42.7 Å². The smallest absolute Gasteiger partial charge is 0.242 e. The molecule has 0 bridgehead atoms. The lowest BCUT2D eigenvalue weighted by atomic mass is 10.1. The van der Waals surface area contributed by atoms with E-state index in [2.05, 4.69) is 5.32 Å². The molecule has 2 amide bonds. The number of likely N-dealkylation sites (N-methyl/N-ethyl adjacent to an activating group) is 1. The van der Waals surface area contributed by atoms with E-state index in [9.17, 15) is 14.0 Å². The number of carbonyl (C=O) groups excluding carboxylic acids is 2. The zero-order chi connectivity index (χ0) is 19.8. The first-order valence-electron chi connectivity index (χ1n) is 9.01. The summed E-state index contributed by atoms with van der Waals surface area (Å²) in [7, 11) is 0. The quantitative estimate of drug-likeness (QED) is 0.741. The average molecular weight is 391 g/mol. The highest BCUT2D eigenvalue weighted by Gasteiger charge is 2.28. The molecule has 2 aromatic rings. The topological polar surface area (TPSA) is 49.4 Å². The number of carbonyl (C=O) groups is 2. The van der Waals surface area contributed by atoms with Gasteiger partial charge in [0.1, 0.15) is 11.9 Å². The predicted octanol–water partition coefficient (Wildman–Crippen LogP) is 3.97. The van der Waals surface area contributed by atoms with Gasteiger partial charge in [-0.15, -0.1) is 0 Å². The number of hydrogen-bond donors (Lipinski definition) is 1. The second-order valence-corrected chi connectivity index (χ2v) is 6.67. The molecule has 0 saturated heterocycles. The highest BCUT2D eigenvalue weighted by Crippen LogP contribution is 2.17. The van der Waals surface area contributed by atoms with Gasteiger partial charge in [0, 0.05) is 18.1 Å². The van der Waals surface area contributed by atoms with E-state index in [0.717, 1.165) is 5.56 Å². The Kier molecular flexibility index (Phi) is 7.80. The lowest BCUT2D eigenvalue weighted by Crippen LogP contribution is -2.49. The summed E-state index contributed by atoms with van der Waals surface area (Å²) in [6, 6.07) is 12.7. The molecule has 0 aromatic heterocycles. The zero-order valence-electron chi connectivity index (χ0n) is 15.5. The van der Waals surface area contributed by atoms with Crippen LogP contribution in [0.2, 0.25) is 5.02 Å². The molecule has 2 aromatic carbocycles. The summed E-state index contributed by atoms with van der Waals surface area (Å²) in [4.78, 5) is 27.0. The first kappa shape index (κ1) is 20.9. The fraction of sp³-hybridized carbons (Fsp3) is 0.333. The molecule has 0 aliphatic carbocycles. The van der Waals surface area contributed by atoms with E-state index in [0.29, 0.717) is 23.6 Å². The number of hydrogen-bond acceptors (Lipinski definition) is 2. The lowest BCUT2D eigenvalue weighted by molar-refractivity contribution is -0.140. The molecule has 2 rings (SSSR count). The molecule has 144 valence electrons. The van der Waals surface area contributed by atoms with Gasteiger partial charge < -0.3 is 10.2 Å². The Bertz CT molecular complexity index is 780. The fourth-order valence-corrected chi connectivity index (χ4v) is 3.03. The Balaban J connectivity index is 2.29. The van der Waals surface area contributed by atoms with Crippen LogP contribution in [0.1, 0.15) is 31.4 Å². The van der Waals surface area contributed by atoms with Crippen molar-refractivity contribution < 1.29 is 14.0 Å². The van der Waals surface area contributed by atoms with Gasteiger partial charge in [-0.3, -0.25) is 9.59 Å². The Labute approximate surface area is 164 Å². The van der Waals surface area contributed by atoms with Crippen molar-refractivity contribution in [2.75, 3.05) is 6.54 Å². The van der Waals surface area contributed by atoms with Crippen LogP contribution in [0, 0.1) is 5.82 Å². The van der Waals surface area contributed by atoms with Crippen LogP contribution in [0.3, 0.4) is 0 Å². The molecule has 0 saturated carbocycles. The van der Waals surface area contributed by atoms with Gasteiger partial charge in [0.25, 0.3) is 0 Å². The van der Waals surface area contributed by atoms with Crippen LogP contribution in [0.5, 0.6) is 0 Å². The fourth-order valence-electron chi connectivity index (χ4n) is 2.90. The molecule has 0 radical (unpaired) electrons. The highest BCUT2D eigenvalue weighted by atomic mass is 35.5. The summed E-state index contributed by atoms with van der Waals surface area (Å²) in [5.74, 6) is -0.938. The normalized spacial score (nSPS) is 11.7. The van der Waals surface area contributed by atoms with Crippen LogP contribution < -0.4 is 5.32 Å². The lowest BCUT2D eigenvalue weighted by Gasteiger charge is -2.30.